The van der Waals surface area contributed by atoms with Gasteiger partial charge in [0, 0.05) is 31.7 Å². The lowest BCUT2D eigenvalue weighted by atomic mass is 10.1. The Hall–Kier alpha value is -1.11. The van der Waals surface area contributed by atoms with Crippen LogP contribution in [0.5, 0.6) is 5.75 Å². The SMILES string of the molecule is COc1ccc(CN2CCN[C@H]3CS(=O)(=O)C[C@H]32)cc1. The molecule has 1 aromatic rings. The number of sulfone groups is 1. The molecule has 2 atom stereocenters. The Morgan fingerprint density at radius 1 is 1.30 bits per heavy atom. The molecule has 0 amide bonds. The summed E-state index contributed by atoms with van der Waals surface area (Å²) in [6.07, 6.45) is 0. The molecule has 1 N–H and O–H groups in total. The third-order valence-corrected chi connectivity index (χ3v) is 5.86. The van der Waals surface area contributed by atoms with Crippen LogP contribution in [0.4, 0.5) is 0 Å². The number of hydrogen-bond acceptors (Lipinski definition) is 5. The summed E-state index contributed by atoms with van der Waals surface area (Å²) in [7, 11) is -1.24. The highest BCUT2D eigenvalue weighted by molar-refractivity contribution is 7.91. The Bertz CT molecular complexity index is 571. The zero-order chi connectivity index (χ0) is 14.2. The zero-order valence-electron chi connectivity index (χ0n) is 11.6. The third-order valence-electron chi connectivity index (χ3n) is 4.14. The first kappa shape index (κ1) is 13.9. The molecule has 1 aromatic carbocycles. The van der Waals surface area contributed by atoms with Crippen LogP contribution in [0, 0.1) is 0 Å². The van der Waals surface area contributed by atoms with Gasteiger partial charge < -0.3 is 10.1 Å². The molecule has 2 aliphatic heterocycles. The van der Waals surface area contributed by atoms with Gasteiger partial charge in [-0.25, -0.2) is 8.42 Å². The van der Waals surface area contributed by atoms with Gasteiger partial charge in [0.25, 0.3) is 0 Å². The van der Waals surface area contributed by atoms with Crippen LogP contribution in [0.15, 0.2) is 24.3 Å². The van der Waals surface area contributed by atoms with Crippen LogP contribution >= 0.6 is 0 Å². The van der Waals surface area contributed by atoms with E-state index in [9.17, 15) is 8.42 Å². The Morgan fingerprint density at radius 2 is 2.05 bits per heavy atom. The first-order valence-electron chi connectivity index (χ1n) is 6.88. The summed E-state index contributed by atoms with van der Waals surface area (Å²) in [5.74, 6) is 1.40. The molecule has 0 radical (unpaired) electrons. The lowest BCUT2D eigenvalue weighted by Gasteiger charge is -2.37. The number of hydrogen-bond donors (Lipinski definition) is 1. The van der Waals surface area contributed by atoms with E-state index < -0.39 is 9.84 Å². The second-order valence-corrected chi connectivity index (χ2v) is 7.68. The molecule has 0 unspecified atom stereocenters. The molecule has 2 saturated heterocycles. The van der Waals surface area contributed by atoms with Gasteiger partial charge in [0.2, 0.25) is 0 Å². The highest BCUT2D eigenvalue weighted by Gasteiger charge is 2.42. The molecule has 0 saturated carbocycles. The number of ether oxygens (including phenoxy) is 1. The number of rotatable bonds is 3. The normalized spacial score (nSPS) is 29.1. The third kappa shape index (κ3) is 2.82. The van der Waals surface area contributed by atoms with Gasteiger partial charge in [-0.1, -0.05) is 12.1 Å². The molecule has 6 heteroatoms. The summed E-state index contributed by atoms with van der Waals surface area (Å²) in [5, 5.41) is 3.33. The predicted molar refractivity (Wildman–Crippen MR) is 77.6 cm³/mol. The fraction of sp³-hybridized carbons (Fsp3) is 0.571. The van der Waals surface area contributed by atoms with Crippen molar-refractivity contribution in [3.05, 3.63) is 29.8 Å². The molecule has 0 bridgehead atoms. The van der Waals surface area contributed by atoms with Gasteiger partial charge >= 0.3 is 0 Å². The number of nitrogens with zero attached hydrogens (tertiary/aromatic N) is 1. The Kier molecular flexibility index (Phi) is 3.70. The minimum atomic E-state index is -2.89. The van der Waals surface area contributed by atoms with E-state index >= 15 is 0 Å². The lowest BCUT2D eigenvalue weighted by Crippen LogP contribution is -2.56. The van der Waals surface area contributed by atoms with Crippen LogP contribution < -0.4 is 10.1 Å². The van der Waals surface area contributed by atoms with Gasteiger partial charge in [-0.15, -0.1) is 0 Å². The molecule has 2 heterocycles. The van der Waals surface area contributed by atoms with E-state index in [0.717, 1.165) is 25.4 Å². The van der Waals surface area contributed by atoms with E-state index in [0.29, 0.717) is 0 Å². The van der Waals surface area contributed by atoms with Crippen molar-refractivity contribution in [3.63, 3.8) is 0 Å². The summed E-state index contributed by atoms with van der Waals surface area (Å²) >= 11 is 0. The Balaban J connectivity index is 1.72. The number of methoxy groups -OCH3 is 1. The summed E-state index contributed by atoms with van der Waals surface area (Å²) in [6, 6.07) is 8.17. The van der Waals surface area contributed by atoms with Crippen LogP contribution in [-0.4, -0.2) is 57.1 Å². The van der Waals surface area contributed by atoms with Crippen molar-refractivity contribution in [2.24, 2.45) is 0 Å². The maximum atomic E-state index is 11.8. The molecular formula is C14H20N2O3S. The summed E-state index contributed by atoms with van der Waals surface area (Å²) < 4.78 is 28.7. The minimum absolute atomic E-state index is 0.0898. The monoisotopic (exact) mass is 296 g/mol. The number of benzene rings is 1. The van der Waals surface area contributed by atoms with Crippen LogP contribution in [0.1, 0.15) is 5.56 Å². The van der Waals surface area contributed by atoms with Gasteiger partial charge in [-0.2, -0.15) is 0 Å². The zero-order valence-corrected chi connectivity index (χ0v) is 12.4. The molecule has 20 heavy (non-hydrogen) atoms. The van der Waals surface area contributed by atoms with Crippen molar-refractivity contribution in [2.45, 2.75) is 18.6 Å². The van der Waals surface area contributed by atoms with Gasteiger partial charge in [0.1, 0.15) is 5.75 Å². The quantitative estimate of drug-likeness (QED) is 0.867. The van der Waals surface area contributed by atoms with Gasteiger partial charge in [0.15, 0.2) is 9.84 Å². The van der Waals surface area contributed by atoms with Crippen molar-refractivity contribution in [1.29, 1.82) is 0 Å². The molecule has 110 valence electrons. The second-order valence-electron chi connectivity index (χ2n) is 5.52. The van der Waals surface area contributed by atoms with E-state index in [-0.39, 0.29) is 23.6 Å². The van der Waals surface area contributed by atoms with E-state index in [4.69, 9.17) is 4.74 Å². The fourth-order valence-electron chi connectivity index (χ4n) is 3.11. The van der Waals surface area contributed by atoms with Crippen molar-refractivity contribution in [2.75, 3.05) is 31.7 Å². The van der Waals surface area contributed by atoms with Crippen molar-refractivity contribution in [3.8, 4) is 5.75 Å². The molecule has 0 spiro atoms. The van der Waals surface area contributed by atoms with E-state index in [1.807, 2.05) is 24.3 Å². The molecule has 2 aliphatic rings. The smallest absolute Gasteiger partial charge is 0.153 e. The summed E-state index contributed by atoms with van der Waals surface area (Å²) in [4.78, 5) is 2.29. The number of nitrogens with one attached hydrogen (secondary N) is 1. The first-order chi connectivity index (χ1) is 9.57. The van der Waals surface area contributed by atoms with Gasteiger partial charge in [-0.3, -0.25) is 4.90 Å². The predicted octanol–water partition coefficient (Wildman–Crippen LogP) is 0.266. The van der Waals surface area contributed by atoms with Crippen molar-refractivity contribution >= 4 is 9.84 Å². The first-order valence-corrected chi connectivity index (χ1v) is 8.70. The average molecular weight is 296 g/mol. The molecule has 5 nitrogen and oxygen atoms in total. The Labute approximate surface area is 119 Å². The minimum Gasteiger partial charge on any atom is -0.497 e. The average Bonchev–Trinajstić information content (AvgIpc) is 2.75. The van der Waals surface area contributed by atoms with Crippen LogP contribution in [-0.2, 0) is 16.4 Å². The molecule has 0 aliphatic carbocycles. The number of fused-ring (bicyclic) bond motifs is 1. The van der Waals surface area contributed by atoms with Crippen molar-refractivity contribution < 1.29 is 13.2 Å². The van der Waals surface area contributed by atoms with Crippen LogP contribution in [0.25, 0.3) is 0 Å². The molecule has 2 fully saturated rings. The van der Waals surface area contributed by atoms with E-state index in [1.165, 1.54) is 5.56 Å². The van der Waals surface area contributed by atoms with Gasteiger partial charge in [0.05, 0.1) is 18.6 Å². The topological polar surface area (TPSA) is 58.6 Å². The van der Waals surface area contributed by atoms with Crippen LogP contribution in [0.2, 0.25) is 0 Å². The van der Waals surface area contributed by atoms with E-state index in [2.05, 4.69) is 10.2 Å². The molecular weight excluding hydrogens is 276 g/mol. The highest BCUT2D eigenvalue weighted by Crippen LogP contribution is 2.23. The van der Waals surface area contributed by atoms with Gasteiger partial charge in [-0.05, 0) is 17.7 Å². The Morgan fingerprint density at radius 3 is 2.75 bits per heavy atom. The standard InChI is InChI=1S/C14H20N2O3S/c1-19-12-4-2-11(3-5-12)8-16-7-6-15-13-9-20(17,18)10-14(13)16/h2-5,13-15H,6-10H2,1H3/t13-,14+/m0/s1. The largest absolute Gasteiger partial charge is 0.497 e. The van der Waals surface area contributed by atoms with Crippen LogP contribution in [0.3, 0.4) is 0 Å². The fourth-order valence-corrected chi connectivity index (χ4v) is 5.09. The maximum Gasteiger partial charge on any atom is 0.153 e. The van der Waals surface area contributed by atoms with E-state index in [1.54, 1.807) is 7.11 Å². The molecule has 0 aromatic heterocycles. The van der Waals surface area contributed by atoms with Crippen molar-refractivity contribution in [1.82, 2.24) is 10.2 Å². The molecule has 3 rings (SSSR count). The lowest BCUT2D eigenvalue weighted by molar-refractivity contribution is 0.141. The number of piperazine rings is 1. The summed E-state index contributed by atoms with van der Waals surface area (Å²) in [6.45, 7) is 2.54. The highest BCUT2D eigenvalue weighted by atomic mass is 32.2. The summed E-state index contributed by atoms with van der Waals surface area (Å²) in [5.41, 5.74) is 1.19. The second kappa shape index (κ2) is 5.35. The maximum absolute atomic E-state index is 11.8.